The minimum atomic E-state index is -3.62. The molecular weight excluding hydrogens is 498 g/mol. The number of carbonyl (C=O) groups is 1. The lowest BCUT2D eigenvalue weighted by Crippen LogP contribution is -2.43. The van der Waals surface area contributed by atoms with E-state index in [-0.39, 0.29) is 16.7 Å². The molecule has 0 saturated carbocycles. The lowest BCUT2D eigenvalue weighted by Gasteiger charge is -2.31. The van der Waals surface area contributed by atoms with Crippen LogP contribution in [0.2, 0.25) is 0 Å². The van der Waals surface area contributed by atoms with E-state index in [1.807, 2.05) is 32.9 Å². The van der Waals surface area contributed by atoms with E-state index in [0.717, 1.165) is 35.1 Å². The van der Waals surface area contributed by atoms with Gasteiger partial charge in [0.15, 0.2) is 0 Å². The first-order valence-corrected chi connectivity index (χ1v) is 15.3. The molecule has 0 spiro atoms. The predicted molar refractivity (Wildman–Crippen MR) is 138 cm³/mol. The Kier molecular flexibility index (Phi) is 7.89. The first kappa shape index (κ1) is 26.8. The lowest BCUT2D eigenvalue weighted by molar-refractivity contribution is -0.126. The molecule has 0 aliphatic carbocycles. The molecule has 0 radical (unpaired) electrons. The smallest absolute Gasteiger partial charge is 0.243 e. The number of benzene rings is 2. The average Bonchev–Trinajstić information content (AvgIpc) is 3.38. The van der Waals surface area contributed by atoms with Crippen molar-refractivity contribution in [3.05, 3.63) is 58.7 Å². The second-order valence-corrected chi connectivity index (χ2v) is 13.7. The average molecular weight is 534 g/mol. The second kappa shape index (κ2) is 10.6. The van der Waals surface area contributed by atoms with Crippen LogP contribution in [0.1, 0.15) is 47.9 Å². The van der Waals surface area contributed by atoms with Crippen LogP contribution in [0.15, 0.2) is 46.2 Å². The standard InChI is InChI=1S/C26H35N3O5S2/c1-19-16-20(2)25(21(3)17-19)36(33,34)29-14-10-23(11-15-29)26(30)27-18-22-6-8-24(9-7-22)35(31,32)28-12-4-5-13-28/h6-9,16-17,23H,4-5,10-15,18H2,1-3H3,(H,27,30). The van der Waals surface area contributed by atoms with Gasteiger partial charge in [0.25, 0.3) is 0 Å². The number of carbonyl (C=O) groups excluding carboxylic acids is 1. The lowest BCUT2D eigenvalue weighted by atomic mass is 9.97. The maximum Gasteiger partial charge on any atom is 0.243 e. The maximum atomic E-state index is 13.3. The normalized spacial score (nSPS) is 18.4. The molecule has 36 heavy (non-hydrogen) atoms. The van der Waals surface area contributed by atoms with Crippen molar-refractivity contribution >= 4 is 26.0 Å². The highest BCUT2D eigenvalue weighted by atomic mass is 32.2. The summed E-state index contributed by atoms with van der Waals surface area (Å²) in [5.74, 6) is -0.366. The van der Waals surface area contributed by atoms with Crippen molar-refractivity contribution in [2.75, 3.05) is 26.2 Å². The third-order valence-electron chi connectivity index (χ3n) is 7.12. The molecule has 196 valence electrons. The molecule has 8 nitrogen and oxygen atoms in total. The molecular formula is C26H35N3O5S2. The van der Waals surface area contributed by atoms with Gasteiger partial charge < -0.3 is 5.32 Å². The van der Waals surface area contributed by atoms with E-state index >= 15 is 0 Å². The summed E-state index contributed by atoms with van der Waals surface area (Å²) in [6.45, 7) is 7.61. The zero-order chi connectivity index (χ0) is 26.1. The monoisotopic (exact) mass is 533 g/mol. The van der Waals surface area contributed by atoms with Crippen LogP contribution in [0.4, 0.5) is 0 Å². The summed E-state index contributed by atoms with van der Waals surface area (Å²) in [5.41, 5.74) is 3.33. The fourth-order valence-corrected chi connectivity index (χ4v) is 8.65. The Morgan fingerprint density at radius 2 is 1.36 bits per heavy atom. The van der Waals surface area contributed by atoms with Crippen LogP contribution in [0.5, 0.6) is 0 Å². The minimum Gasteiger partial charge on any atom is -0.352 e. The zero-order valence-corrected chi connectivity index (χ0v) is 22.8. The number of hydrogen-bond acceptors (Lipinski definition) is 5. The quantitative estimate of drug-likeness (QED) is 0.589. The van der Waals surface area contributed by atoms with Crippen LogP contribution in [-0.4, -0.2) is 57.5 Å². The number of rotatable bonds is 7. The van der Waals surface area contributed by atoms with E-state index in [1.165, 1.54) is 8.61 Å². The van der Waals surface area contributed by atoms with Gasteiger partial charge in [-0.3, -0.25) is 4.79 Å². The molecule has 0 bridgehead atoms. The molecule has 2 heterocycles. The van der Waals surface area contributed by atoms with Gasteiger partial charge in [-0.2, -0.15) is 8.61 Å². The molecule has 2 aliphatic rings. The predicted octanol–water partition coefficient (Wildman–Crippen LogP) is 3.11. The van der Waals surface area contributed by atoms with Crippen molar-refractivity contribution in [3.63, 3.8) is 0 Å². The van der Waals surface area contributed by atoms with E-state index in [9.17, 15) is 21.6 Å². The molecule has 0 aromatic heterocycles. The Balaban J connectivity index is 1.32. The van der Waals surface area contributed by atoms with Crippen molar-refractivity contribution in [2.24, 2.45) is 5.92 Å². The van der Waals surface area contributed by atoms with Crippen molar-refractivity contribution in [1.82, 2.24) is 13.9 Å². The van der Waals surface area contributed by atoms with Gasteiger partial charge in [0.05, 0.1) is 9.79 Å². The van der Waals surface area contributed by atoms with E-state index in [4.69, 9.17) is 0 Å². The summed E-state index contributed by atoms with van der Waals surface area (Å²) in [6, 6.07) is 10.4. The Labute approximate surface area is 214 Å². The van der Waals surface area contributed by atoms with Crippen LogP contribution in [0.3, 0.4) is 0 Å². The summed E-state index contributed by atoms with van der Waals surface area (Å²) < 4.78 is 54.9. The van der Waals surface area contributed by atoms with Gasteiger partial charge >= 0.3 is 0 Å². The Bertz CT molecular complexity index is 1300. The number of nitrogens with one attached hydrogen (secondary N) is 1. The molecule has 10 heteroatoms. The van der Waals surface area contributed by atoms with Crippen LogP contribution in [0, 0.1) is 26.7 Å². The first-order chi connectivity index (χ1) is 17.0. The summed E-state index contributed by atoms with van der Waals surface area (Å²) >= 11 is 0. The van der Waals surface area contributed by atoms with Crippen LogP contribution < -0.4 is 5.32 Å². The third-order valence-corrected chi connectivity index (χ3v) is 11.2. The summed E-state index contributed by atoms with van der Waals surface area (Å²) in [7, 11) is -7.07. The molecule has 0 unspecified atom stereocenters. The molecule has 1 N–H and O–H groups in total. The molecule has 2 aliphatic heterocycles. The minimum absolute atomic E-state index is 0.108. The SMILES string of the molecule is Cc1cc(C)c(S(=O)(=O)N2CCC(C(=O)NCc3ccc(S(=O)(=O)N4CCCC4)cc3)CC2)c(C)c1. The van der Waals surface area contributed by atoms with Gasteiger partial charge in [0.1, 0.15) is 0 Å². The summed E-state index contributed by atoms with van der Waals surface area (Å²) in [4.78, 5) is 13.4. The van der Waals surface area contributed by atoms with Gasteiger partial charge in [-0.05, 0) is 75.3 Å². The van der Waals surface area contributed by atoms with Gasteiger partial charge in [-0.1, -0.05) is 29.8 Å². The molecule has 4 rings (SSSR count). The molecule has 1 amide bonds. The zero-order valence-electron chi connectivity index (χ0n) is 21.2. The van der Waals surface area contributed by atoms with Crippen molar-refractivity contribution < 1.29 is 21.6 Å². The summed E-state index contributed by atoms with van der Waals surface area (Å²) in [5, 5.41) is 2.92. The highest BCUT2D eigenvalue weighted by Crippen LogP contribution is 2.29. The number of sulfonamides is 2. The summed E-state index contributed by atoms with van der Waals surface area (Å²) in [6.07, 6.45) is 2.70. The molecule has 2 fully saturated rings. The Hall–Kier alpha value is -2.27. The largest absolute Gasteiger partial charge is 0.352 e. The van der Waals surface area contributed by atoms with E-state index in [0.29, 0.717) is 50.5 Å². The molecule has 2 aromatic rings. The third kappa shape index (κ3) is 5.51. The highest BCUT2D eigenvalue weighted by molar-refractivity contribution is 7.89. The fraction of sp³-hybridized carbons (Fsp3) is 0.500. The molecule has 2 saturated heterocycles. The van der Waals surface area contributed by atoms with E-state index in [2.05, 4.69) is 5.32 Å². The first-order valence-electron chi connectivity index (χ1n) is 12.4. The second-order valence-electron chi connectivity index (χ2n) is 9.88. The van der Waals surface area contributed by atoms with Crippen LogP contribution in [-0.2, 0) is 31.4 Å². The van der Waals surface area contributed by atoms with E-state index < -0.39 is 20.0 Å². The number of aryl methyl sites for hydroxylation is 3. The fourth-order valence-electron chi connectivity index (χ4n) is 5.25. The van der Waals surface area contributed by atoms with Gasteiger partial charge in [-0.15, -0.1) is 0 Å². The van der Waals surface area contributed by atoms with Gasteiger partial charge in [-0.25, -0.2) is 16.8 Å². The number of hydrogen-bond donors (Lipinski definition) is 1. The van der Waals surface area contributed by atoms with Gasteiger partial charge in [0, 0.05) is 38.6 Å². The number of nitrogens with zero attached hydrogens (tertiary/aromatic N) is 2. The maximum absolute atomic E-state index is 13.3. The Morgan fingerprint density at radius 3 is 1.92 bits per heavy atom. The molecule has 2 aromatic carbocycles. The number of amides is 1. The number of piperidine rings is 1. The highest BCUT2D eigenvalue weighted by Gasteiger charge is 2.33. The topological polar surface area (TPSA) is 104 Å². The Morgan fingerprint density at radius 1 is 0.833 bits per heavy atom. The van der Waals surface area contributed by atoms with Crippen LogP contribution in [0.25, 0.3) is 0 Å². The van der Waals surface area contributed by atoms with Crippen LogP contribution >= 0.6 is 0 Å². The van der Waals surface area contributed by atoms with Crippen molar-refractivity contribution in [3.8, 4) is 0 Å². The molecule has 0 atom stereocenters. The van der Waals surface area contributed by atoms with Crippen molar-refractivity contribution in [1.29, 1.82) is 0 Å². The van der Waals surface area contributed by atoms with E-state index in [1.54, 1.807) is 24.3 Å². The van der Waals surface area contributed by atoms with Crippen molar-refractivity contribution in [2.45, 2.75) is 62.8 Å². The van der Waals surface area contributed by atoms with Gasteiger partial charge in [0.2, 0.25) is 26.0 Å².